The molecule has 4 atom stereocenters. The number of nitrogen functional groups attached to an aromatic ring is 1. The third-order valence-corrected chi connectivity index (χ3v) is 2.54. The molecule has 1 saturated heterocycles. The molecule has 0 unspecified atom stereocenters. The van der Waals surface area contributed by atoms with E-state index < -0.39 is 30.2 Å². The van der Waals surface area contributed by atoms with Crippen LogP contribution in [-0.2, 0) is 4.74 Å². The molecule has 0 saturated carbocycles. The molecular formula is C9H13N3O5. The lowest BCUT2D eigenvalue weighted by molar-refractivity contribution is -0.0549. The highest BCUT2D eigenvalue weighted by Gasteiger charge is 2.43. The summed E-state index contributed by atoms with van der Waals surface area (Å²) < 4.78 is 41.4. The predicted molar refractivity (Wildman–Crippen MR) is 55.9 cm³/mol. The average molecular weight is 248 g/mol. The number of aliphatic hydroxyl groups excluding tert-OH is 3. The maximum Gasteiger partial charge on any atom is 0.351 e. The van der Waals surface area contributed by atoms with Crippen LogP contribution in [-0.4, -0.2) is 54.1 Å². The van der Waals surface area contributed by atoms with E-state index in [0.717, 1.165) is 4.57 Å². The predicted octanol–water partition coefficient (Wildman–Crippen LogP) is -2.56. The number of anilines is 1. The summed E-state index contributed by atoms with van der Waals surface area (Å²) in [5.41, 5.74) is -0.656. The van der Waals surface area contributed by atoms with Crippen molar-refractivity contribution in [3.63, 3.8) is 0 Å². The molecule has 94 valence electrons. The summed E-state index contributed by atoms with van der Waals surface area (Å²) in [4.78, 5) is 15.5. The lowest BCUT2D eigenvalue weighted by Gasteiger charge is -2.16. The second-order valence-electron chi connectivity index (χ2n) is 3.64. The minimum atomic E-state index is -1.12. The standard InChI is InChI=1S/C9H13N3O5/c10-5-1-2-12(9(16)11-5)8-7(15)6(14)4(3-13)17-8/h1-2,4,6-8,13-15H,3H2,(H2,10,11,16)/t4-,6-,7-,8-/m1/s1/i13D,14D,15D/hD2. The van der Waals surface area contributed by atoms with Gasteiger partial charge >= 0.3 is 5.69 Å². The Kier molecular flexibility index (Phi) is 1.83. The second kappa shape index (κ2) is 4.41. The molecule has 1 aromatic heterocycles. The summed E-state index contributed by atoms with van der Waals surface area (Å²) in [6.07, 6.45) is -2.94. The highest BCUT2D eigenvalue weighted by atomic mass is 16.6. The monoisotopic (exact) mass is 248 g/mol. The Labute approximate surface area is 103 Å². The molecule has 1 aliphatic rings. The minimum absolute atomic E-state index is 0.173. The number of rotatable bonds is 6. The first kappa shape index (κ1) is 7.07. The Bertz CT molecular complexity index is 561. The summed E-state index contributed by atoms with van der Waals surface area (Å²) >= 11 is 0. The van der Waals surface area contributed by atoms with E-state index in [1.54, 1.807) is 0 Å². The van der Waals surface area contributed by atoms with Crippen LogP contribution in [0.4, 0.5) is 5.82 Å². The molecule has 8 nitrogen and oxygen atoms in total. The van der Waals surface area contributed by atoms with E-state index in [1.165, 1.54) is 12.3 Å². The SMILES string of the molecule is [2H]OC[C@H]1O[C@@H](n2ccc(N([2H])[2H])nc2=O)[C@H](O[2H])[C@@H]1O[2H]. The van der Waals surface area contributed by atoms with Gasteiger partial charge in [-0.1, -0.05) is 0 Å². The second-order valence-corrected chi connectivity index (χ2v) is 3.64. The molecule has 0 aromatic carbocycles. The van der Waals surface area contributed by atoms with E-state index in [4.69, 9.17) is 11.9 Å². The zero-order chi connectivity index (χ0) is 16.3. The fourth-order valence-corrected chi connectivity index (χ4v) is 1.66. The third-order valence-electron chi connectivity index (χ3n) is 2.54. The van der Waals surface area contributed by atoms with Gasteiger partial charge in [0, 0.05) is 6.20 Å². The Balaban J connectivity index is 2.32. The highest BCUT2D eigenvalue weighted by molar-refractivity contribution is 5.23. The van der Waals surface area contributed by atoms with Crippen LogP contribution in [0, 0.1) is 0 Å². The number of hydrogen-bond acceptors (Lipinski definition) is 7. The van der Waals surface area contributed by atoms with Crippen LogP contribution in [0.25, 0.3) is 0 Å². The van der Waals surface area contributed by atoms with Crippen molar-refractivity contribution in [2.45, 2.75) is 24.5 Å². The summed E-state index contributed by atoms with van der Waals surface area (Å²) in [7, 11) is 0. The zero-order valence-electron chi connectivity index (χ0n) is 13.6. The van der Waals surface area contributed by atoms with Gasteiger partial charge in [0.05, 0.1) is 6.61 Å². The van der Waals surface area contributed by atoms with Gasteiger partial charge in [-0.05, 0) is 6.07 Å². The summed E-state index contributed by atoms with van der Waals surface area (Å²) in [5, 5.41) is 13.1. The molecule has 0 aliphatic carbocycles. The number of aromatic nitrogens is 2. The molecule has 1 fully saturated rings. The Morgan fingerprint density at radius 2 is 2.53 bits per heavy atom. The maximum atomic E-state index is 12.0. The molecule has 5 N–H and O–H groups in total. The first-order valence-electron chi connectivity index (χ1n) is 7.00. The Hall–Kier alpha value is -1.48. The van der Waals surface area contributed by atoms with Gasteiger partial charge in [0.25, 0.3) is 0 Å². The highest BCUT2D eigenvalue weighted by Crippen LogP contribution is 2.27. The summed E-state index contributed by atoms with van der Waals surface area (Å²) in [6, 6.07) is 1.23. The first-order valence-corrected chi connectivity index (χ1v) is 4.88. The van der Waals surface area contributed by atoms with E-state index in [2.05, 4.69) is 20.3 Å². The van der Waals surface area contributed by atoms with E-state index in [1.807, 2.05) is 0 Å². The fourth-order valence-electron chi connectivity index (χ4n) is 1.66. The van der Waals surface area contributed by atoms with Crippen LogP contribution in [0.15, 0.2) is 17.1 Å². The number of hydrogen-bond donors (Lipinski definition) is 4. The van der Waals surface area contributed by atoms with Crippen molar-refractivity contribution in [3.8, 4) is 0 Å². The molecular weight excluding hydrogens is 230 g/mol. The van der Waals surface area contributed by atoms with E-state index >= 15 is 0 Å². The van der Waals surface area contributed by atoms with E-state index in [0.29, 0.717) is 0 Å². The Morgan fingerprint density at radius 3 is 3.18 bits per heavy atom. The minimum Gasteiger partial charge on any atom is -0.394 e. The molecule has 1 aliphatic heterocycles. The lowest BCUT2D eigenvalue weighted by Crippen LogP contribution is -2.36. The summed E-state index contributed by atoms with van der Waals surface area (Å²) in [5.74, 6) is -0.193. The topological polar surface area (TPSA) is 131 Å². The van der Waals surface area contributed by atoms with Crippen LogP contribution in [0.2, 0.25) is 2.82 Å². The van der Waals surface area contributed by atoms with Gasteiger partial charge in [-0.15, -0.1) is 0 Å². The lowest BCUT2D eigenvalue weighted by atomic mass is 10.1. The van der Waals surface area contributed by atoms with Gasteiger partial charge in [-0.2, -0.15) is 4.98 Å². The number of nitrogens with two attached hydrogens (primary N) is 1. The van der Waals surface area contributed by atoms with Gasteiger partial charge < -0.3 is 25.8 Å². The van der Waals surface area contributed by atoms with E-state index in [-0.39, 0.29) is 18.1 Å². The third kappa shape index (κ3) is 2.03. The molecule has 2 rings (SSSR count). The summed E-state index contributed by atoms with van der Waals surface area (Å²) in [6.45, 7) is -0.243. The average Bonchev–Trinajstić information content (AvgIpc) is 2.84. The normalized spacial score (nSPS) is 36.6. The van der Waals surface area contributed by atoms with Crippen molar-refractivity contribution >= 4 is 5.82 Å². The molecule has 0 bridgehead atoms. The molecule has 1 aromatic rings. The molecule has 0 radical (unpaired) electrons. The Morgan fingerprint density at radius 1 is 1.65 bits per heavy atom. The van der Waals surface area contributed by atoms with Gasteiger partial charge in [0.2, 0.25) is 4.29 Å². The van der Waals surface area contributed by atoms with Crippen LogP contribution in [0.1, 0.15) is 6.23 Å². The molecule has 17 heavy (non-hydrogen) atoms. The van der Waals surface area contributed by atoms with Crippen molar-refractivity contribution in [2.24, 2.45) is 0 Å². The molecule has 2 heterocycles. The number of nitrogens with zero attached hydrogens (tertiary/aromatic N) is 2. The fraction of sp³-hybridized carbons (Fsp3) is 0.556. The molecule has 8 heteroatoms. The number of ether oxygens (including phenoxy) is 1. The van der Waals surface area contributed by atoms with Crippen LogP contribution in [0.3, 0.4) is 0 Å². The zero-order valence-corrected chi connectivity index (χ0v) is 8.55. The van der Waals surface area contributed by atoms with Gasteiger partial charge in [-0.25, -0.2) is 4.79 Å². The van der Waals surface area contributed by atoms with Crippen molar-refractivity contribution in [3.05, 3.63) is 22.7 Å². The van der Waals surface area contributed by atoms with Crippen molar-refractivity contribution < 1.29 is 22.9 Å². The van der Waals surface area contributed by atoms with Gasteiger partial charge in [0.15, 0.2) is 9.05 Å². The molecule has 0 spiro atoms. The van der Waals surface area contributed by atoms with Crippen molar-refractivity contribution in [1.82, 2.24) is 9.55 Å². The van der Waals surface area contributed by atoms with Crippen LogP contribution in [0.5, 0.6) is 0 Å². The van der Waals surface area contributed by atoms with Gasteiger partial charge in [0.1, 0.15) is 24.1 Å². The smallest absolute Gasteiger partial charge is 0.351 e. The largest absolute Gasteiger partial charge is 0.394 e. The molecule has 0 amide bonds. The van der Waals surface area contributed by atoms with Crippen molar-refractivity contribution in [2.75, 3.05) is 12.3 Å². The van der Waals surface area contributed by atoms with E-state index in [9.17, 15) is 4.79 Å². The maximum absolute atomic E-state index is 12.0. The van der Waals surface area contributed by atoms with Gasteiger partial charge in [-0.3, -0.25) is 4.57 Å². The number of aliphatic hydroxyl groups is 3. The quantitative estimate of drug-likeness (QED) is 0.435. The first-order chi connectivity index (χ1) is 10.5. The van der Waals surface area contributed by atoms with Crippen molar-refractivity contribution in [1.29, 1.82) is 4.29 Å². The van der Waals surface area contributed by atoms with Crippen LogP contribution < -0.4 is 11.4 Å². The van der Waals surface area contributed by atoms with Crippen LogP contribution >= 0.6 is 0 Å².